The van der Waals surface area contributed by atoms with Gasteiger partial charge in [-0.05, 0) is 13.0 Å². The summed E-state index contributed by atoms with van der Waals surface area (Å²) in [6.45, 7) is 10.3. The Bertz CT molecular complexity index is 270. The summed E-state index contributed by atoms with van der Waals surface area (Å²) in [6, 6.07) is 0. The van der Waals surface area contributed by atoms with Gasteiger partial charge in [0, 0.05) is 12.5 Å². The first-order valence-electron chi connectivity index (χ1n) is 3.96. The van der Waals surface area contributed by atoms with Gasteiger partial charge in [-0.2, -0.15) is 0 Å². The summed E-state index contributed by atoms with van der Waals surface area (Å²) in [5.41, 5.74) is 0.743. The van der Waals surface area contributed by atoms with Crippen molar-refractivity contribution in [3.8, 4) is 0 Å². The quantitative estimate of drug-likeness (QED) is 0.376. The number of allylic oxidation sites excluding steroid dienone is 4. The van der Waals surface area contributed by atoms with Crippen LogP contribution in [0.2, 0.25) is 0 Å². The van der Waals surface area contributed by atoms with E-state index in [9.17, 15) is 4.79 Å². The zero-order valence-electron chi connectivity index (χ0n) is 8.04. The van der Waals surface area contributed by atoms with Crippen molar-refractivity contribution < 1.29 is 9.53 Å². The number of ether oxygens (including phenoxy) is 1. The van der Waals surface area contributed by atoms with Crippen molar-refractivity contribution in [2.45, 2.75) is 13.8 Å². The third-order valence-corrected chi connectivity index (χ3v) is 1.32. The lowest BCUT2D eigenvalue weighted by molar-refractivity contribution is -0.136. The van der Waals surface area contributed by atoms with Crippen molar-refractivity contribution in [3.05, 3.63) is 48.8 Å². The summed E-state index contributed by atoms with van der Waals surface area (Å²) >= 11 is 0. The van der Waals surface area contributed by atoms with E-state index in [4.69, 9.17) is 4.74 Å². The number of hydrogen-bond acceptors (Lipinski definition) is 2. The predicted molar refractivity (Wildman–Crippen MR) is 54.0 cm³/mol. The van der Waals surface area contributed by atoms with Crippen LogP contribution in [0.15, 0.2) is 48.8 Å². The van der Waals surface area contributed by atoms with Crippen LogP contribution >= 0.6 is 0 Å². The highest BCUT2D eigenvalue weighted by molar-refractivity contribution is 5.68. The number of esters is 1. The zero-order valence-corrected chi connectivity index (χ0v) is 8.04. The molecule has 0 saturated carbocycles. The number of carbonyl (C=O) groups excluding carboxylic acids is 1. The molecule has 70 valence electrons. The minimum atomic E-state index is -0.343. The standard InChI is InChI=1S/C11H14O2/c1-5-8-10(6-2)11(7-3)13-9(4)12/h5-8H,1-2H2,3-4H3/b10-8-,11-7+. The predicted octanol–water partition coefficient (Wildman–Crippen LogP) is 2.75. The minimum absolute atomic E-state index is 0.343. The van der Waals surface area contributed by atoms with Crippen molar-refractivity contribution in [2.24, 2.45) is 0 Å². The number of carbonyl (C=O) groups is 1. The summed E-state index contributed by atoms with van der Waals surface area (Å²) < 4.78 is 4.94. The molecule has 0 aromatic rings. The molecular formula is C11H14O2. The molecule has 2 heteroatoms. The number of hydrogen-bond donors (Lipinski definition) is 0. The molecule has 0 N–H and O–H groups in total. The fourth-order valence-corrected chi connectivity index (χ4v) is 0.817. The molecule has 0 saturated heterocycles. The topological polar surface area (TPSA) is 26.3 Å². The van der Waals surface area contributed by atoms with Crippen LogP contribution in [-0.4, -0.2) is 5.97 Å². The molecule has 0 amide bonds. The Morgan fingerprint density at radius 2 is 2.00 bits per heavy atom. The third kappa shape index (κ3) is 4.11. The summed E-state index contributed by atoms with van der Waals surface area (Å²) in [5, 5.41) is 0. The average Bonchev–Trinajstić information content (AvgIpc) is 2.10. The summed E-state index contributed by atoms with van der Waals surface area (Å²) in [6.07, 6.45) is 6.66. The van der Waals surface area contributed by atoms with E-state index >= 15 is 0 Å². The maximum absolute atomic E-state index is 10.7. The Morgan fingerprint density at radius 1 is 1.38 bits per heavy atom. The molecular weight excluding hydrogens is 164 g/mol. The SMILES string of the molecule is C=C/C=C(C=C)\C(=C/C)OC(C)=O. The van der Waals surface area contributed by atoms with Crippen LogP contribution in [0.5, 0.6) is 0 Å². The second-order valence-corrected chi connectivity index (χ2v) is 2.31. The lowest BCUT2D eigenvalue weighted by atomic mass is 10.2. The van der Waals surface area contributed by atoms with E-state index in [1.807, 2.05) is 0 Å². The van der Waals surface area contributed by atoms with E-state index in [0.29, 0.717) is 5.76 Å². The monoisotopic (exact) mass is 178 g/mol. The van der Waals surface area contributed by atoms with Gasteiger partial charge in [0.15, 0.2) is 0 Å². The Balaban J connectivity index is 4.75. The van der Waals surface area contributed by atoms with Gasteiger partial charge in [0.2, 0.25) is 0 Å². The highest BCUT2D eigenvalue weighted by Gasteiger charge is 2.03. The first-order valence-corrected chi connectivity index (χ1v) is 3.96. The Hall–Kier alpha value is -1.57. The molecule has 0 aromatic carbocycles. The van der Waals surface area contributed by atoms with E-state index in [0.717, 1.165) is 5.57 Å². The summed E-state index contributed by atoms with van der Waals surface area (Å²) in [7, 11) is 0. The zero-order chi connectivity index (χ0) is 10.3. The average molecular weight is 178 g/mol. The molecule has 0 rings (SSSR count). The van der Waals surface area contributed by atoms with E-state index in [1.165, 1.54) is 6.92 Å². The molecule has 0 bridgehead atoms. The summed E-state index contributed by atoms with van der Waals surface area (Å²) in [4.78, 5) is 10.7. The fourth-order valence-electron chi connectivity index (χ4n) is 0.817. The van der Waals surface area contributed by atoms with Crippen molar-refractivity contribution in [1.29, 1.82) is 0 Å². The second kappa shape index (κ2) is 6.00. The molecule has 0 unspecified atom stereocenters. The maximum atomic E-state index is 10.7. The molecule has 0 radical (unpaired) electrons. The maximum Gasteiger partial charge on any atom is 0.308 e. The van der Waals surface area contributed by atoms with E-state index in [1.54, 1.807) is 31.2 Å². The largest absolute Gasteiger partial charge is 0.426 e. The van der Waals surface area contributed by atoms with Gasteiger partial charge in [0.25, 0.3) is 0 Å². The van der Waals surface area contributed by atoms with Gasteiger partial charge in [0.1, 0.15) is 5.76 Å². The summed E-state index contributed by atoms with van der Waals surface area (Å²) in [5.74, 6) is 0.160. The van der Waals surface area contributed by atoms with Crippen LogP contribution in [0.1, 0.15) is 13.8 Å². The first-order chi connectivity index (χ1) is 6.15. The molecule has 0 aliphatic heterocycles. The van der Waals surface area contributed by atoms with E-state index in [-0.39, 0.29) is 5.97 Å². The van der Waals surface area contributed by atoms with Gasteiger partial charge >= 0.3 is 5.97 Å². The van der Waals surface area contributed by atoms with Gasteiger partial charge in [-0.1, -0.05) is 31.4 Å². The second-order valence-electron chi connectivity index (χ2n) is 2.31. The van der Waals surface area contributed by atoms with Crippen molar-refractivity contribution in [2.75, 3.05) is 0 Å². The van der Waals surface area contributed by atoms with Crippen molar-refractivity contribution >= 4 is 5.97 Å². The van der Waals surface area contributed by atoms with Gasteiger partial charge < -0.3 is 4.74 Å². The Kier molecular flexibility index (Phi) is 5.28. The molecule has 0 aromatic heterocycles. The van der Waals surface area contributed by atoms with E-state index in [2.05, 4.69) is 13.2 Å². The van der Waals surface area contributed by atoms with Gasteiger partial charge in [-0.25, -0.2) is 0 Å². The van der Waals surface area contributed by atoms with Crippen LogP contribution in [-0.2, 0) is 9.53 Å². The first kappa shape index (κ1) is 11.4. The van der Waals surface area contributed by atoms with Crippen LogP contribution in [0.3, 0.4) is 0 Å². The van der Waals surface area contributed by atoms with Crippen LogP contribution < -0.4 is 0 Å². The Labute approximate surface area is 78.9 Å². The molecule has 2 nitrogen and oxygen atoms in total. The van der Waals surface area contributed by atoms with Crippen LogP contribution in [0, 0.1) is 0 Å². The molecule has 0 aliphatic carbocycles. The minimum Gasteiger partial charge on any atom is -0.426 e. The molecule has 0 aliphatic rings. The highest BCUT2D eigenvalue weighted by Crippen LogP contribution is 2.12. The smallest absolute Gasteiger partial charge is 0.308 e. The third-order valence-electron chi connectivity index (χ3n) is 1.32. The normalized spacial score (nSPS) is 12.2. The van der Waals surface area contributed by atoms with E-state index < -0.39 is 0 Å². The van der Waals surface area contributed by atoms with Gasteiger partial charge in [-0.15, -0.1) is 0 Å². The van der Waals surface area contributed by atoms with Crippen molar-refractivity contribution in [1.82, 2.24) is 0 Å². The fraction of sp³-hybridized carbons (Fsp3) is 0.182. The molecule has 13 heavy (non-hydrogen) atoms. The lowest BCUT2D eigenvalue weighted by Gasteiger charge is -2.06. The lowest BCUT2D eigenvalue weighted by Crippen LogP contribution is -2.00. The van der Waals surface area contributed by atoms with Crippen molar-refractivity contribution in [3.63, 3.8) is 0 Å². The van der Waals surface area contributed by atoms with Gasteiger partial charge in [-0.3, -0.25) is 4.79 Å². The molecule has 0 heterocycles. The van der Waals surface area contributed by atoms with Gasteiger partial charge in [0.05, 0.1) is 0 Å². The molecule has 0 spiro atoms. The molecule has 0 fully saturated rings. The molecule has 0 atom stereocenters. The van der Waals surface area contributed by atoms with Crippen LogP contribution in [0.4, 0.5) is 0 Å². The Morgan fingerprint density at radius 3 is 2.31 bits per heavy atom. The highest BCUT2D eigenvalue weighted by atomic mass is 16.5. The number of rotatable bonds is 4. The van der Waals surface area contributed by atoms with Crippen LogP contribution in [0.25, 0.3) is 0 Å².